The average Bonchev–Trinajstić information content (AvgIpc) is 2.73. The van der Waals surface area contributed by atoms with Crippen LogP contribution < -0.4 is 0 Å². The number of rotatable bonds is 5. The summed E-state index contributed by atoms with van der Waals surface area (Å²) in [5, 5.41) is 0. The van der Waals surface area contributed by atoms with Gasteiger partial charge >= 0.3 is 0 Å². The molecule has 1 aliphatic rings. The lowest BCUT2D eigenvalue weighted by Crippen LogP contribution is -2.38. The van der Waals surface area contributed by atoms with E-state index in [1.807, 2.05) is 28.2 Å². The molecule has 1 rings (SSSR count). The molecule has 5 nitrogen and oxygen atoms in total. The zero-order chi connectivity index (χ0) is 13.5. The summed E-state index contributed by atoms with van der Waals surface area (Å²) in [5.74, 6) is 1.04. The zero-order valence-corrected chi connectivity index (χ0v) is 12.5. The molecule has 1 aliphatic heterocycles. The Kier molecular flexibility index (Phi) is 6.43. The maximum atomic E-state index is 5.16. The predicted octanol–water partition coefficient (Wildman–Crippen LogP) is 0.576. The van der Waals surface area contributed by atoms with Crippen molar-refractivity contribution in [2.24, 2.45) is 4.99 Å². The molecule has 1 atom stereocenters. The quantitative estimate of drug-likeness (QED) is 0.532. The Hall–Kier alpha value is -0.810. The van der Waals surface area contributed by atoms with Gasteiger partial charge in [0.25, 0.3) is 0 Å². The lowest BCUT2D eigenvalue weighted by atomic mass is 10.2. The molecule has 18 heavy (non-hydrogen) atoms. The first kappa shape index (κ1) is 15.2. The van der Waals surface area contributed by atoms with Crippen molar-refractivity contribution in [3.63, 3.8) is 0 Å². The van der Waals surface area contributed by atoms with E-state index in [1.54, 1.807) is 7.11 Å². The van der Waals surface area contributed by atoms with Crippen molar-refractivity contribution in [2.45, 2.75) is 18.9 Å². The molecule has 0 aromatic heterocycles. The van der Waals surface area contributed by atoms with E-state index in [2.05, 4.69) is 14.7 Å². The molecule has 1 saturated heterocycles. The fourth-order valence-corrected chi connectivity index (χ4v) is 2.47. The first-order valence-corrected chi connectivity index (χ1v) is 6.68. The van der Waals surface area contributed by atoms with Gasteiger partial charge < -0.3 is 14.5 Å². The third kappa shape index (κ3) is 4.46. The van der Waals surface area contributed by atoms with Crippen LogP contribution in [0, 0.1) is 0 Å². The van der Waals surface area contributed by atoms with Crippen LogP contribution in [0.3, 0.4) is 0 Å². The van der Waals surface area contributed by atoms with E-state index in [4.69, 9.17) is 9.73 Å². The van der Waals surface area contributed by atoms with Crippen molar-refractivity contribution >= 4 is 5.96 Å². The second kappa shape index (κ2) is 7.59. The second-order valence-corrected chi connectivity index (χ2v) is 5.25. The normalized spacial score (nSPS) is 19.9. The molecule has 0 aromatic rings. The minimum Gasteiger partial charge on any atom is -0.383 e. The Morgan fingerprint density at radius 1 is 1.28 bits per heavy atom. The van der Waals surface area contributed by atoms with Crippen LogP contribution >= 0.6 is 0 Å². The van der Waals surface area contributed by atoms with Crippen LogP contribution in [0.1, 0.15) is 12.8 Å². The number of likely N-dealkylation sites (tertiary alicyclic amines) is 1. The molecule has 0 saturated carbocycles. The van der Waals surface area contributed by atoms with E-state index >= 15 is 0 Å². The Bertz CT molecular complexity index is 256. The molecular weight excluding hydrogens is 228 g/mol. The van der Waals surface area contributed by atoms with Gasteiger partial charge in [-0.2, -0.15) is 0 Å². The Morgan fingerprint density at radius 3 is 2.50 bits per heavy atom. The summed E-state index contributed by atoms with van der Waals surface area (Å²) >= 11 is 0. The van der Waals surface area contributed by atoms with Crippen molar-refractivity contribution in [1.82, 2.24) is 14.7 Å². The molecular formula is C13H28N4O. The average molecular weight is 256 g/mol. The van der Waals surface area contributed by atoms with Crippen LogP contribution in [-0.4, -0.2) is 88.2 Å². The SMILES string of the molecule is COCCN1CCCC1CN=C(N(C)C)N(C)C. The minimum atomic E-state index is 0.579. The van der Waals surface area contributed by atoms with Gasteiger partial charge in [0.05, 0.1) is 13.2 Å². The highest BCUT2D eigenvalue weighted by Crippen LogP contribution is 2.17. The first-order valence-electron chi connectivity index (χ1n) is 6.68. The van der Waals surface area contributed by atoms with E-state index in [1.165, 1.54) is 19.4 Å². The van der Waals surface area contributed by atoms with Crippen molar-refractivity contribution in [3.8, 4) is 0 Å². The van der Waals surface area contributed by atoms with Gasteiger partial charge in [-0.25, -0.2) is 0 Å². The summed E-state index contributed by atoms with van der Waals surface area (Å²) in [7, 11) is 9.91. The van der Waals surface area contributed by atoms with Crippen LogP contribution in [0.15, 0.2) is 4.99 Å². The van der Waals surface area contributed by atoms with E-state index in [-0.39, 0.29) is 0 Å². The van der Waals surface area contributed by atoms with E-state index < -0.39 is 0 Å². The minimum absolute atomic E-state index is 0.579. The first-order chi connectivity index (χ1) is 8.56. The van der Waals surface area contributed by atoms with Crippen LogP contribution in [0.5, 0.6) is 0 Å². The largest absolute Gasteiger partial charge is 0.383 e. The summed E-state index contributed by atoms with van der Waals surface area (Å²) in [5.41, 5.74) is 0. The standard InChI is InChI=1S/C13H28N4O/c1-15(2)13(16(3)4)14-11-12-7-6-8-17(12)9-10-18-5/h12H,6-11H2,1-5H3. The van der Waals surface area contributed by atoms with Gasteiger partial charge in [-0.05, 0) is 19.4 Å². The third-order valence-corrected chi connectivity index (χ3v) is 3.33. The van der Waals surface area contributed by atoms with Gasteiger partial charge in [-0.1, -0.05) is 0 Å². The highest BCUT2D eigenvalue weighted by atomic mass is 16.5. The summed E-state index contributed by atoms with van der Waals surface area (Å²) in [6.45, 7) is 3.91. The number of hydrogen-bond donors (Lipinski definition) is 0. The summed E-state index contributed by atoms with van der Waals surface area (Å²) in [4.78, 5) is 11.4. The molecule has 0 bridgehead atoms. The van der Waals surface area contributed by atoms with Gasteiger partial charge in [0.15, 0.2) is 5.96 Å². The lowest BCUT2D eigenvalue weighted by molar-refractivity contribution is 0.142. The number of guanidine groups is 1. The molecule has 0 aromatic carbocycles. The topological polar surface area (TPSA) is 31.3 Å². The van der Waals surface area contributed by atoms with Crippen molar-refractivity contribution in [2.75, 3.05) is 61.5 Å². The fraction of sp³-hybridized carbons (Fsp3) is 0.923. The maximum Gasteiger partial charge on any atom is 0.195 e. The molecule has 0 spiro atoms. The number of aliphatic imine (C=N–C) groups is 1. The molecule has 0 radical (unpaired) electrons. The summed E-state index contributed by atoms with van der Waals surface area (Å²) in [6, 6.07) is 0.579. The van der Waals surface area contributed by atoms with Crippen molar-refractivity contribution < 1.29 is 4.74 Å². The van der Waals surface area contributed by atoms with Gasteiger partial charge in [0.1, 0.15) is 0 Å². The summed E-state index contributed by atoms with van der Waals surface area (Å²) in [6.07, 6.45) is 2.53. The molecule has 0 aliphatic carbocycles. The smallest absolute Gasteiger partial charge is 0.195 e. The zero-order valence-electron chi connectivity index (χ0n) is 12.5. The van der Waals surface area contributed by atoms with Crippen molar-refractivity contribution in [1.29, 1.82) is 0 Å². The molecule has 1 fully saturated rings. The van der Waals surface area contributed by atoms with Crippen molar-refractivity contribution in [3.05, 3.63) is 0 Å². The Balaban J connectivity index is 2.51. The maximum absolute atomic E-state index is 5.16. The molecule has 0 N–H and O–H groups in total. The summed E-state index contributed by atoms with van der Waals surface area (Å²) < 4.78 is 5.16. The molecule has 0 amide bonds. The van der Waals surface area contributed by atoms with Gasteiger partial charge in [0, 0.05) is 47.9 Å². The monoisotopic (exact) mass is 256 g/mol. The fourth-order valence-electron chi connectivity index (χ4n) is 2.47. The molecule has 1 unspecified atom stereocenters. The third-order valence-electron chi connectivity index (χ3n) is 3.33. The van der Waals surface area contributed by atoms with Crippen LogP contribution in [0.2, 0.25) is 0 Å². The van der Waals surface area contributed by atoms with Crippen LogP contribution in [-0.2, 0) is 4.74 Å². The van der Waals surface area contributed by atoms with Crippen LogP contribution in [0.25, 0.3) is 0 Å². The van der Waals surface area contributed by atoms with Gasteiger partial charge in [-0.15, -0.1) is 0 Å². The number of hydrogen-bond acceptors (Lipinski definition) is 3. The van der Waals surface area contributed by atoms with E-state index in [0.717, 1.165) is 25.7 Å². The van der Waals surface area contributed by atoms with E-state index in [0.29, 0.717) is 6.04 Å². The molecule has 5 heteroatoms. The highest BCUT2D eigenvalue weighted by Gasteiger charge is 2.23. The van der Waals surface area contributed by atoms with Gasteiger partial charge in [0.2, 0.25) is 0 Å². The Labute approximate surface area is 111 Å². The Morgan fingerprint density at radius 2 is 1.94 bits per heavy atom. The van der Waals surface area contributed by atoms with Crippen LogP contribution in [0.4, 0.5) is 0 Å². The number of nitrogens with zero attached hydrogens (tertiary/aromatic N) is 4. The molecule has 106 valence electrons. The lowest BCUT2D eigenvalue weighted by Gasteiger charge is -2.26. The predicted molar refractivity (Wildman–Crippen MR) is 76.1 cm³/mol. The number of methoxy groups -OCH3 is 1. The van der Waals surface area contributed by atoms with Gasteiger partial charge in [-0.3, -0.25) is 9.89 Å². The van der Waals surface area contributed by atoms with E-state index in [9.17, 15) is 0 Å². The molecule has 1 heterocycles. The second-order valence-electron chi connectivity index (χ2n) is 5.25. The highest BCUT2D eigenvalue weighted by molar-refractivity contribution is 5.79. The number of ether oxygens (including phenoxy) is 1.